The number of aromatic nitrogens is 2. The highest BCUT2D eigenvalue weighted by molar-refractivity contribution is 6.10. The van der Waals surface area contributed by atoms with E-state index >= 15 is 0 Å². The lowest BCUT2D eigenvalue weighted by Crippen LogP contribution is -2.39. The minimum Gasteiger partial charge on any atom is -0.294 e. The van der Waals surface area contributed by atoms with E-state index in [1.165, 1.54) is 0 Å². The monoisotopic (exact) mass is 442 g/mol. The molecule has 0 bridgehead atoms. The fourth-order valence-electron chi connectivity index (χ4n) is 7.19. The standard InChI is InChI=1S/C30H22N2O2/c33-28-21-12-4-3-11-20(21)24-25(28)27(23-14-6-8-16-32-23)30(26(24)22-13-5-7-15-31-22)17-18-9-1-2-10-19(18)29(30)34/h1-16,24-27H,17H2/t24-,25+,26-,27-,30-/m1/s1. The Bertz CT molecular complexity index is 1450. The lowest BCUT2D eigenvalue weighted by molar-refractivity contribution is 0.0740. The van der Waals surface area contributed by atoms with Gasteiger partial charge >= 0.3 is 0 Å². The zero-order valence-electron chi connectivity index (χ0n) is 18.5. The molecule has 2 heterocycles. The molecule has 0 N–H and O–H groups in total. The summed E-state index contributed by atoms with van der Waals surface area (Å²) in [7, 11) is 0. The highest BCUT2D eigenvalue weighted by atomic mass is 16.1. The minimum atomic E-state index is -0.815. The second kappa shape index (κ2) is 7.04. The van der Waals surface area contributed by atoms with Gasteiger partial charge in [0.1, 0.15) is 0 Å². The second-order valence-electron chi connectivity index (χ2n) is 9.67. The SMILES string of the molecule is O=C1c2ccccc2[C@@H]2[C@H]1[C@@H](c1ccccn1)[C@@]1(Cc3ccccc3C1=O)[C@@H]2c1ccccn1. The number of benzene rings is 2. The number of hydrogen-bond donors (Lipinski definition) is 0. The molecule has 164 valence electrons. The minimum absolute atomic E-state index is 0.120. The number of carbonyl (C=O) groups excluding carboxylic acids is 2. The summed E-state index contributed by atoms with van der Waals surface area (Å²) < 4.78 is 0. The number of Topliss-reactive ketones (excluding diaryl/α,β-unsaturated/α-hetero) is 2. The van der Waals surface area contributed by atoms with Gasteiger partial charge in [0.2, 0.25) is 0 Å². The van der Waals surface area contributed by atoms with Crippen molar-refractivity contribution < 1.29 is 9.59 Å². The molecule has 7 rings (SSSR count). The normalized spacial score (nSPS) is 28.7. The molecule has 0 amide bonds. The van der Waals surface area contributed by atoms with Crippen molar-refractivity contribution in [1.29, 1.82) is 0 Å². The Kier molecular flexibility index (Phi) is 4.04. The number of nitrogens with zero attached hydrogens (tertiary/aromatic N) is 2. The average molecular weight is 443 g/mol. The Morgan fingerprint density at radius 3 is 1.88 bits per heavy atom. The van der Waals surface area contributed by atoms with Gasteiger partial charge in [-0.3, -0.25) is 19.6 Å². The molecule has 0 unspecified atom stereocenters. The zero-order chi connectivity index (χ0) is 22.9. The number of ketones is 2. The average Bonchev–Trinajstić information content (AvgIpc) is 3.46. The Hall–Kier alpha value is -3.92. The van der Waals surface area contributed by atoms with Crippen LogP contribution in [0.2, 0.25) is 0 Å². The van der Waals surface area contributed by atoms with Crippen molar-refractivity contribution in [2.45, 2.75) is 24.2 Å². The maximum atomic E-state index is 14.5. The van der Waals surface area contributed by atoms with Crippen molar-refractivity contribution in [3.63, 3.8) is 0 Å². The van der Waals surface area contributed by atoms with Crippen LogP contribution in [0.25, 0.3) is 0 Å². The molecule has 0 saturated heterocycles. The lowest BCUT2D eigenvalue weighted by atomic mass is 9.64. The van der Waals surface area contributed by atoms with E-state index in [0.29, 0.717) is 6.42 Å². The largest absolute Gasteiger partial charge is 0.294 e. The van der Waals surface area contributed by atoms with Gasteiger partial charge in [-0.25, -0.2) is 0 Å². The first kappa shape index (κ1) is 19.5. The number of fused-ring (bicyclic) bond motifs is 4. The number of carbonyl (C=O) groups is 2. The van der Waals surface area contributed by atoms with Gasteiger partial charge in [-0.05, 0) is 41.8 Å². The fraction of sp³-hybridized carbons (Fsp3) is 0.200. The summed E-state index contributed by atoms with van der Waals surface area (Å²) in [6.07, 6.45) is 4.15. The van der Waals surface area contributed by atoms with Gasteiger partial charge in [0.05, 0.1) is 5.41 Å². The summed E-state index contributed by atoms with van der Waals surface area (Å²) in [5.74, 6) is -0.781. The Morgan fingerprint density at radius 2 is 1.24 bits per heavy atom. The van der Waals surface area contributed by atoms with Crippen LogP contribution in [0, 0.1) is 11.3 Å². The third-order valence-electron chi connectivity index (χ3n) is 8.28. The molecular weight excluding hydrogens is 420 g/mol. The maximum Gasteiger partial charge on any atom is 0.171 e. The predicted octanol–water partition coefficient (Wildman–Crippen LogP) is 5.38. The fourth-order valence-corrected chi connectivity index (χ4v) is 7.19. The summed E-state index contributed by atoms with van der Waals surface area (Å²) >= 11 is 0. The summed E-state index contributed by atoms with van der Waals surface area (Å²) in [6, 6.07) is 27.5. The summed E-state index contributed by atoms with van der Waals surface area (Å²) in [6.45, 7) is 0. The third-order valence-corrected chi connectivity index (χ3v) is 8.28. The molecule has 4 heteroatoms. The molecule has 1 fully saturated rings. The van der Waals surface area contributed by atoms with Crippen molar-refractivity contribution in [3.8, 4) is 0 Å². The smallest absolute Gasteiger partial charge is 0.171 e. The van der Waals surface area contributed by atoms with Crippen LogP contribution in [-0.2, 0) is 6.42 Å². The Labute approximate surface area is 197 Å². The van der Waals surface area contributed by atoms with Gasteiger partial charge in [0.25, 0.3) is 0 Å². The molecule has 3 aliphatic rings. The second-order valence-corrected chi connectivity index (χ2v) is 9.67. The van der Waals surface area contributed by atoms with E-state index in [-0.39, 0.29) is 35.2 Å². The van der Waals surface area contributed by atoms with Crippen LogP contribution >= 0.6 is 0 Å². The van der Waals surface area contributed by atoms with E-state index in [1.807, 2.05) is 72.8 Å². The predicted molar refractivity (Wildman–Crippen MR) is 128 cm³/mol. The van der Waals surface area contributed by atoms with E-state index in [1.54, 1.807) is 12.4 Å². The molecule has 1 spiro atoms. The van der Waals surface area contributed by atoms with Crippen LogP contribution in [0.1, 0.15) is 61.0 Å². The van der Waals surface area contributed by atoms with Gasteiger partial charge in [-0.2, -0.15) is 0 Å². The molecule has 1 saturated carbocycles. The number of hydrogen-bond acceptors (Lipinski definition) is 4. The van der Waals surface area contributed by atoms with Gasteiger partial charge in [-0.1, -0.05) is 60.7 Å². The van der Waals surface area contributed by atoms with E-state index in [4.69, 9.17) is 9.97 Å². The van der Waals surface area contributed by atoms with Crippen LogP contribution < -0.4 is 0 Å². The van der Waals surface area contributed by atoms with E-state index in [0.717, 1.165) is 33.6 Å². The van der Waals surface area contributed by atoms with E-state index < -0.39 is 5.41 Å². The van der Waals surface area contributed by atoms with Crippen molar-refractivity contribution in [2.75, 3.05) is 0 Å². The van der Waals surface area contributed by atoms with Gasteiger partial charge in [0, 0.05) is 58.6 Å². The maximum absolute atomic E-state index is 14.5. The summed E-state index contributed by atoms with van der Waals surface area (Å²) in [5, 5.41) is 0. The molecule has 0 aliphatic heterocycles. The lowest BCUT2D eigenvalue weighted by Gasteiger charge is -2.37. The third kappa shape index (κ3) is 2.38. The Balaban J connectivity index is 1.56. The van der Waals surface area contributed by atoms with Crippen LogP contribution in [0.4, 0.5) is 0 Å². The molecule has 2 aromatic carbocycles. The molecule has 4 aromatic rings. The molecular formula is C30H22N2O2. The van der Waals surface area contributed by atoms with E-state index in [9.17, 15) is 9.59 Å². The van der Waals surface area contributed by atoms with E-state index in [2.05, 4.69) is 12.1 Å². The first-order valence-electron chi connectivity index (χ1n) is 11.8. The van der Waals surface area contributed by atoms with Crippen LogP contribution in [0.15, 0.2) is 97.3 Å². The molecule has 3 aliphatic carbocycles. The van der Waals surface area contributed by atoms with Gasteiger partial charge in [0.15, 0.2) is 11.6 Å². The first-order chi connectivity index (χ1) is 16.7. The molecule has 5 atom stereocenters. The molecule has 4 nitrogen and oxygen atoms in total. The summed E-state index contributed by atoms with van der Waals surface area (Å²) in [4.78, 5) is 38.0. The van der Waals surface area contributed by atoms with Gasteiger partial charge in [-0.15, -0.1) is 0 Å². The van der Waals surface area contributed by atoms with Crippen LogP contribution in [-0.4, -0.2) is 21.5 Å². The van der Waals surface area contributed by atoms with Crippen molar-refractivity contribution >= 4 is 11.6 Å². The van der Waals surface area contributed by atoms with Crippen molar-refractivity contribution in [2.24, 2.45) is 11.3 Å². The van der Waals surface area contributed by atoms with Gasteiger partial charge < -0.3 is 0 Å². The van der Waals surface area contributed by atoms with Crippen LogP contribution in [0.3, 0.4) is 0 Å². The topological polar surface area (TPSA) is 59.9 Å². The molecule has 2 aromatic heterocycles. The molecule has 34 heavy (non-hydrogen) atoms. The highest BCUT2D eigenvalue weighted by Gasteiger charge is 2.70. The summed E-state index contributed by atoms with van der Waals surface area (Å²) in [5.41, 5.74) is 4.51. The number of rotatable bonds is 2. The zero-order valence-corrected chi connectivity index (χ0v) is 18.5. The quantitative estimate of drug-likeness (QED) is 0.418. The number of pyridine rings is 2. The highest BCUT2D eigenvalue weighted by Crippen LogP contribution is 2.71. The van der Waals surface area contributed by atoms with Crippen LogP contribution in [0.5, 0.6) is 0 Å². The Morgan fingerprint density at radius 1 is 0.647 bits per heavy atom. The molecule has 0 radical (unpaired) electrons. The van der Waals surface area contributed by atoms with Crippen molar-refractivity contribution in [3.05, 3.63) is 131 Å². The first-order valence-corrected chi connectivity index (χ1v) is 11.8. The van der Waals surface area contributed by atoms with Crippen molar-refractivity contribution in [1.82, 2.24) is 9.97 Å².